The summed E-state index contributed by atoms with van der Waals surface area (Å²) in [5.74, 6) is 1.77. The van der Waals surface area contributed by atoms with E-state index in [-0.39, 0.29) is 11.5 Å². The lowest BCUT2D eigenvalue weighted by molar-refractivity contribution is 0.413. The van der Waals surface area contributed by atoms with Crippen LogP contribution in [-0.4, -0.2) is 8.96 Å². The zero-order valence-electron chi connectivity index (χ0n) is 25.4. The van der Waals surface area contributed by atoms with Gasteiger partial charge in [-0.05, 0) is 44.9 Å². The maximum atomic E-state index is 13.5. The average molecular weight is 604 g/mol. The fourth-order valence-corrected chi connectivity index (χ4v) is 8.99. The standard InChI is InChI=1S/C38H38NO2PS/c1-37(2,3)43(40)39-34(27-17-9-6-10-18-27)30-23-15-24-31-35(30)41-36-32(38(31,4)5)25-16-26-33(36)42(28-19-11-7-12-20-28)29-21-13-8-14-22-29/h6-26,34,39H,1-5H3. The molecule has 6 rings (SSSR count). The van der Waals surface area contributed by atoms with Crippen LogP contribution in [0.1, 0.15) is 62.9 Å². The number of rotatable bonds is 7. The minimum absolute atomic E-state index is 0.312. The quantitative estimate of drug-likeness (QED) is 0.191. The van der Waals surface area contributed by atoms with Crippen molar-refractivity contribution >= 4 is 34.8 Å². The first-order chi connectivity index (χ1) is 20.7. The summed E-state index contributed by atoms with van der Waals surface area (Å²) in [7, 11) is -2.18. The minimum atomic E-state index is -1.30. The van der Waals surface area contributed by atoms with Crippen molar-refractivity contribution in [2.75, 3.05) is 0 Å². The molecule has 0 fully saturated rings. The average Bonchev–Trinajstić information content (AvgIpc) is 3.01. The Hall–Kier alpha value is -3.56. The van der Waals surface area contributed by atoms with E-state index in [0.29, 0.717) is 0 Å². The number of nitrogens with one attached hydrogen (secondary N) is 1. The molecule has 1 aliphatic heterocycles. The van der Waals surface area contributed by atoms with Crippen LogP contribution < -0.4 is 25.4 Å². The lowest BCUT2D eigenvalue weighted by atomic mass is 9.74. The second-order valence-corrected chi connectivity index (χ2v) is 16.6. The van der Waals surface area contributed by atoms with Crippen LogP contribution in [-0.2, 0) is 16.4 Å². The van der Waals surface area contributed by atoms with Gasteiger partial charge in [0, 0.05) is 27.4 Å². The first-order valence-corrected chi connectivity index (χ1v) is 17.2. The van der Waals surface area contributed by atoms with Crippen molar-refractivity contribution in [2.45, 2.75) is 50.8 Å². The molecule has 1 aliphatic rings. The fraction of sp³-hybridized carbons (Fsp3) is 0.211. The van der Waals surface area contributed by atoms with Crippen LogP contribution in [0.2, 0.25) is 0 Å². The summed E-state index contributed by atoms with van der Waals surface area (Å²) in [5, 5.41) is 3.75. The zero-order valence-corrected chi connectivity index (χ0v) is 27.1. The van der Waals surface area contributed by atoms with E-state index in [9.17, 15) is 4.21 Å². The van der Waals surface area contributed by atoms with Crippen molar-refractivity contribution in [3.05, 3.63) is 150 Å². The Kier molecular flexibility index (Phi) is 8.13. The summed E-state index contributed by atoms with van der Waals surface area (Å²) in [6, 6.07) is 44.5. The summed E-state index contributed by atoms with van der Waals surface area (Å²) >= 11 is 0. The third kappa shape index (κ3) is 5.72. The number of hydrogen-bond donors (Lipinski definition) is 1. The molecule has 2 unspecified atom stereocenters. The van der Waals surface area contributed by atoms with Gasteiger partial charge in [-0.15, -0.1) is 0 Å². The fourth-order valence-electron chi connectivity index (χ4n) is 5.76. The van der Waals surface area contributed by atoms with Gasteiger partial charge in [-0.25, -0.2) is 8.93 Å². The van der Waals surface area contributed by atoms with Gasteiger partial charge >= 0.3 is 0 Å². The van der Waals surface area contributed by atoms with Crippen molar-refractivity contribution in [3.8, 4) is 11.5 Å². The second kappa shape index (κ2) is 11.8. The minimum Gasteiger partial charge on any atom is -0.456 e. The topological polar surface area (TPSA) is 38.3 Å². The number of ether oxygens (including phenoxy) is 1. The van der Waals surface area contributed by atoms with Crippen LogP contribution in [0.4, 0.5) is 0 Å². The molecule has 0 spiro atoms. The molecule has 5 aromatic carbocycles. The smallest absolute Gasteiger partial charge is 0.139 e. The van der Waals surface area contributed by atoms with Gasteiger partial charge in [0.25, 0.3) is 0 Å². The van der Waals surface area contributed by atoms with Gasteiger partial charge in [0.15, 0.2) is 0 Å². The Morgan fingerprint density at radius 1 is 0.674 bits per heavy atom. The van der Waals surface area contributed by atoms with E-state index in [4.69, 9.17) is 4.74 Å². The van der Waals surface area contributed by atoms with Crippen LogP contribution in [0.25, 0.3) is 0 Å². The number of hydrogen-bond acceptors (Lipinski definition) is 2. The molecule has 5 aromatic rings. The molecule has 0 aromatic heterocycles. The molecule has 0 amide bonds. The predicted molar refractivity (Wildman–Crippen MR) is 183 cm³/mol. The van der Waals surface area contributed by atoms with Gasteiger partial charge in [0.05, 0.1) is 21.8 Å². The molecule has 0 radical (unpaired) electrons. The summed E-state index contributed by atoms with van der Waals surface area (Å²) in [5.41, 5.74) is 4.02. The molecule has 218 valence electrons. The molecule has 0 aliphatic carbocycles. The van der Waals surface area contributed by atoms with E-state index in [1.807, 2.05) is 39.0 Å². The van der Waals surface area contributed by atoms with Crippen LogP contribution >= 0.6 is 7.92 Å². The number of para-hydroxylation sites is 2. The van der Waals surface area contributed by atoms with Crippen molar-refractivity contribution in [3.63, 3.8) is 0 Å². The molecule has 0 saturated carbocycles. The molecular formula is C38H38NO2PS. The lowest BCUT2D eigenvalue weighted by Crippen LogP contribution is -2.37. The molecule has 3 nitrogen and oxygen atoms in total. The Morgan fingerprint density at radius 2 is 1.19 bits per heavy atom. The van der Waals surface area contributed by atoms with E-state index in [2.05, 4.69) is 128 Å². The van der Waals surface area contributed by atoms with Gasteiger partial charge in [-0.1, -0.05) is 141 Å². The van der Waals surface area contributed by atoms with Crippen LogP contribution in [0.15, 0.2) is 127 Å². The molecule has 0 saturated heterocycles. The number of fused-ring (bicyclic) bond motifs is 2. The maximum Gasteiger partial charge on any atom is 0.139 e. The largest absolute Gasteiger partial charge is 0.456 e. The van der Waals surface area contributed by atoms with Crippen molar-refractivity contribution in [1.29, 1.82) is 0 Å². The van der Waals surface area contributed by atoms with E-state index >= 15 is 0 Å². The molecule has 2 atom stereocenters. The van der Waals surface area contributed by atoms with E-state index in [1.165, 1.54) is 21.5 Å². The monoisotopic (exact) mass is 603 g/mol. The highest BCUT2D eigenvalue weighted by Gasteiger charge is 2.39. The van der Waals surface area contributed by atoms with Gasteiger partial charge in [0.2, 0.25) is 0 Å². The van der Waals surface area contributed by atoms with E-state index in [1.54, 1.807) is 0 Å². The first kappa shape index (κ1) is 29.5. The van der Waals surface area contributed by atoms with Gasteiger partial charge < -0.3 is 4.74 Å². The van der Waals surface area contributed by atoms with Gasteiger partial charge in [-0.3, -0.25) is 0 Å². The summed E-state index contributed by atoms with van der Waals surface area (Å²) in [6.07, 6.45) is 0. The van der Waals surface area contributed by atoms with Crippen LogP contribution in [0, 0.1) is 0 Å². The highest BCUT2D eigenvalue weighted by molar-refractivity contribution is 7.84. The first-order valence-electron chi connectivity index (χ1n) is 14.7. The Balaban J connectivity index is 1.55. The van der Waals surface area contributed by atoms with E-state index < -0.39 is 23.7 Å². The molecule has 43 heavy (non-hydrogen) atoms. The summed E-state index contributed by atoms with van der Waals surface area (Å²) in [6.45, 7) is 10.6. The highest BCUT2D eigenvalue weighted by atomic mass is 32.2. The lowest BCUT2D eigenvalue weighted by Gasteiger charge is -2.38. The van der Waals surface area contributed by atoms with E-state index in [0.717, 1.165) is 28.2 Å². The van der Waals surface area contributed by atoms with Gasteiger partial charge in [-0.2, -0.15) is 0 Å². The third-order valence-corrected chi connectivity index (χ3v) is 12.1. The highest BCUT2D eigenvalue weighted by Crippen LogP contribution is 2.52. The van der Waals surface area contributed by atoms with Crippen molar-refractivity contribution < 1.29 is 8.95 Å². The molecular weight excluding hydrogens is 565 g/mol. The van der Waals surface area contributed by atoms with Gasteiger partial charge in [0.1, 0.15) is 11.5 Å². The third-order valence-electron chi connectivity index (χ3n) is 8.09. The molecule has 1 heterocycles. The molecule has 1 N–H and O–H groups in total. The Labute approximate surface area is 259 Å². The van der Waals surface area contributed by atoms with Crippen molar-refractivity contribution in [1.82, 2.24) is 4.72 Å². The normalized spacial score (nSPS) is 15.2. The molecule has 0 bridgehead atoms. The predicted octanol–water partition coefficient (Wildman–Crippen LogP) is 8.02. The molecule has 5 heteroatoms. The maximum absolute atomic E-state index is 13.5. The summed E-state index contributed by atoms with van der Waals surface area (Å²) < 4.78 is 23.7. The number of benzene rings is 5. The Bertz CT molecular complexity index is 1710. The van der Waals surface area contributed by atoms with Crippen LogP contribution in [0.5, 0.6) is 11.5 Å². The SMILES string of the molecule is CC1(C)c2cccc(C(NS(=O)C(C)(C)C)c3ccccc3)c2Oc2c(P(c3ccccc3)c3ccccc3)cccc21. The summed E-state index contributed by atoms with van der Waals surface area (Å²) in [4.78, 5) is 0. The van der Waals surface area contributed by atoms with Crippen LogP contribution in [0.3, 0.4) is 0 Å². The Morgan fingerprint density at radius 3 is 1.74 bits per heavy atom. The van der Waals surface area contributed by atoms with Crippen molar-refractivity contribution in [2.24, 2.45) is 0 Å². The second-order valence-electron chi connectivity index (χ2n) is 12.5. The zero-order chi connectivity index (χ0) is 30.2.